The Hall–Kier alpha value is -2.40. The molecule has 0 aliphatic carbocycles. The number of carbonyl (C=O) groups excluding carboxylic acids is 3. The summed E-state index contributed by atoms with van der Waals surface area (Å²) in [5.41, 5.74) is 2.24. The number of nitrogens with one attached hydrogen (secondary N) is 1. The molecule has 0 bridgehead atoms. The van der Waals surface area contributed by atoms with Crippen molar-refractivity contribution >= 4 is 29.1 Å². The first-order chi connectivity index (χ1) is 10.8. The van der Waals surface area contributed by atoms with Gasteiger partial charge >= 0.3 is 5.97 Å². The molecular formula is C17H16ClNO4. The van der Waals surface area contributed by atoms with Crippen LogP contribution in [0, 0.1) is 13.8 Å². The van der Waals surface area contributed by atoms with Crippen LogP contribution in [0.5, 0.6) is 0 Å². The molecule has 6 heteroatoms. The molecule has 0 aliphatic heterocycles. The van der Waals surface area contributed by atoms with Gasteiger partial charge in [0, 0.05) is 16.3 Å². The third-order valence-corrected chi connectivity index (χ3v) is 3.70. The van der Waals surface area contributed by atoms with Gasteiger partial charge in [-0.1, -0.05) is 17.7 Å². The van der Waals surface area contributed by atoms with Crippen LogP contribution in [0.2, 0.25) is 5.02 Å². The van der Waals surface area contributed by atoms with Crippen LogP contribution in [0.15, 0.2) is 24.3 Å². The quantitative estimate of drug-likeness (QED) is 0.671. The minimum absolute atomic E-state index is 0.119. The van der Waals surface area contributed by atoms with E-state index in [4.69, 9.17) is 16.3 Å². The Morgan fingerprint density at radius 2 is 1.91 bits per heavy atom. The Balaban J connectivity index is 2.10. The number of aromatic amines is 1. The van der Waals surface area contributed by atoms with E-state index in [1.807, 2.05) is 0 Å². The molecule has 0 saturated carbocycles. The van der Waals surface area contributed by atoms with Gasteiger partial charge in [0.05, 0.1) is 11.3 Å². The average Bonchev–Trinajstić information content (AvgIpc) is 2.79. The summed E-state index contributed by atoms with van der Waals surface area (Å²) >= 11 is 5.81. The number of ether oxygens (including phenoxy) is 1. The molecule has 2 rings (SSSR count). The molecule has 1 aromatic heterocycles. The molecule has 0 atom stereocenters. The van der Waals surface area contributed by atoms with Crippen LogP contribution in [-0.4, -0.2) is 29.1 Å². The van der Waals surface area contributed by atoms with E-state index in [1.165, 1.54) is 13.0 Å². The van der Waals surface area contributed by atoms with Crippen molar-refractivity contribution in [1.82, 2.24) is 4.98 Å². The summed E-state index contributed by atoms with van der Waals surface area (Å²) in [6.07, 6.45) is 0. The molecule has 1 aromatic carbocycles. The van der Waals surface area contributed by atoms with Crippen LogP contribution in [0.1, 0.15) is 49.4 Å². The number of halogens is 1. The number of hydrogen-bond acceptors (Lipinski definition) is 4. The van der Waals surface area contributed by atoms with Gasteiger partial charge in [0.1, 0.15) is 0 Å². The molecule has 0 fully saturated rings. The van der Waals surface area contributed by atoms with Gasteiger partial charge < -0.3 is 9.72 Å². The maximum absolute atomic E-state index is 12.2. The molecule has 2 aromatic rings. The number of rotatable bonds is 5. The smallest absolute Gasteiger partial charge is 0.338 e. The van der Waals surface area contributed by atoms with Crippen molar-refractivity contribution in [2.45, 2.75) is 20.8 Å². The van der Waals surface area contributed by atoms with Crippen LogP contribution in [-0.2, 0) is 4.74 Å². The number of ketones is 2. The molecule has 5 nitrogen and oxygen atoms in total. The summed E-state index contributed by atoms with van der Waals surface area (Å²) in [5, 5.41) is 0.410. The monoisotopic (exact) mass is 333 g/mol. The predicted octanol–water partition coefficient (Wildman–Crippen LogP) is 3.53. The zero-order chi connectivity index (χ0) is 17.1. The van der Waals surface area contributed by atoms with Crippen LogP contribution >= 0.6 is 11.6 Å². The van der Waals surface area contributed by atoms with Gasteiger partial charge in [-0.25, -0.2) is 4.79 Å². The van der Waals surface area contributed by atoms with E-state index in [9.17, 15) is 14.4 Å². The Kier molecular flexibility index (Phi) is 5.01. The number of hydrogen-bond donors (Lipinski definition) is 1. The van der Waals surface area contributed by atoms with Crippen molar-refractivity contribution in [3.63, 3.8) is 0 Å². The van der Waals surface area contributed by atoms with E-state index in [-0.39, 0.29) is 17.0 Å². The zero-order valence-corrected chi connectivity index (χ0v) is 13.8. The lowest BCUT2D eigenvalue weighted by atomic mass is 10.1. The third kappa shape index (κ3) is 3.68. The van der Waals surface area contributed by atoms with E-state index in [0.717, 1.165) is 0 Å². The van der Waals surface area contributed by atoms with Crippen molar-refractivity contribution in [3.8, 4) is 0 Å². The number of aromatic nitrogens is 1. The molecule has 0 amide bonds. The molecule has 0 aliphatic rings. The topological polar surface area (TPSA) is 76.2 Å². The Morgan fingerprint density at radius 3 is 2.48 bits per heavy atom. The van der Waals surface area contributed by atoms with Gasteiger partial charge in [0.15, 0.2) is 12.4 Å². The van der Waals surface area contributed by atoms with Crippen molar-refractivity contribution in [3.05, 3.63) is 57.4 Å². The number of benzene rings is 1. The highest BCUT2D eigenvalue weighted by Gasteiger charge is 2.21. The summed E-state index contributed by atoms with van der Waals surface area (Å²) < 4.78 is 5.01. The summed E-state index contributed by atoms with van der Waals surface area (Å²) in [7, 11) is 0. The molecule has 0 spiro atoms. The highest BCUT2D eigenvalue weighted by Crippen LogP contribution is 2.19. The minimum Gasteiger partial charge on any atom is -0.454 e. The SMILES string of the molecule is CC(=O)c1c(C)[nH]c(C(=O)COC(=O)c2cccc(Cl)c2)c1C. The van der Waals surface area contributed by atoms with E-state index in [1.54, 1.807) is 32.0 Å². The molecule has 0 unspecified atom stereocenters. The van der Waals surface area contributed by atoms with Crippen LogP contribution in [0.3, 0.4) is 0 Å². The Labute approximate surface area is 138 Å². The number of Topliss-reactive ketones (excluding diaryl/α,β-unsaturated/α-hetero) is 2. The van der Waals surface area contributed by atoms with Gasteiger partial charge in [-0.15, -0.1) is 0 Å². The number of carbonyl (C=O) groups is 3. The van der Waals surface area contributed by atoms with E-state index < -0.39 is 18.4 Å². The Morgan fingerprint density at radius 1 is 1.22 bits per heavy atom. The van der Waals surface area contributed by atoms with Gasteiger partial charge in [-0.3, -0.25) is 9.59 Å². The normalized spacial score (nSPS) is 10.4. The van der Waals surface area contributed by atoms with Crippen molar-refractivity contribution in [1.29, 1.82) is 0 Å². The third-order valence-electron chi connectivity index (χ3n) is 3.46. The predicted molar refractivity (Wildman–Crippen MR) is 86.3 cm³/mol. The second kappa shape index (κ2) is 6.79. The maximum Gasteiger partial charge on any atom is 0.338 e. The van der Waals surface area contributed by atoms with E-state index >= 15 is 0 Å². The van der Waals surface area contributed by atoms with Gasteiger partial charge in [-0.05, 0) is 44.5 Å². The van der Waals surface area contributed by atoms with Crippen molar-refractivity contribution < 1.29 is 19.1 Å². The first kappa shape index (κ1) is 17.0. The Bertz CT molecular complexity index is 792. The van der Waals surface area contributed by atoms with Gasteiger partial charge in [0.25, 0.3) is 0 Å². The lowest BCUT2D eigenvalue weighted by Gasteiger charge is -2.04. The van der Waals surface area contributed by atoms with E-state index in [0.29, 0.717) is 21.8 Å². The first-order valence-electron chi connectivity index (χ1n) is 6.97. The second-order valence-electron chi connectivity index (χ2n) is 5.19. The molecule has 0 saturated heterocycles. The minimum atomic E-state index is -0.631. The fourth-order valence-corrected chi connectivity index (χ4v) is 2.65. The summed E-state index contributed by atoms with van der Waals surface area (Å²) in [4.78, 5) is 38.6. The molecule has 1 heterocycles. The van der Waals surface area contributed by atoms with Crippen LogP contribution in [0.4, 0.5) is 0 Å². The number of H-pyrrole nitrogens is 1. The van der Waals surface area contributed by atoms with Crippen LogP contribution in [0.25, 0.3) is 0 Å². The largest absolute Gasteiger partial charge is 0.454 e. The summed E-state index contributed by atoms with van der Waals surface area (Å²) in [5.74, 6) is -1.15. The zero-order valence-electron chi connectivity index (χ0n) is 13.0. The summed E-state index contributed by atoms with van der Waals surface area (Å²) in [6.45, 7) is 4.44. The number of aryl methyl sites for hydroxylation is 1. The standard InChI is InChI=1S/C17H16ClNO4/c1-9-15(11(3)20)10(2)19-16(9)14(21)8-23-17(22)12-5-4-6-13(18)7-12/h4-7,19H,8H2,1-3H3. The fraction of sp³-hybridized carbons (Fsp3) is 0.235. The van der Waals surface area contributed by atoms with Gasteiger partial charge in [-0.2, -0.15) is 0 Å². The molecule has 0 radical (unpaired) electrons. The van der Waals surface area contributed by atoms with Gasteiger partial charge in [0.2, 0.25) is 5.78 Å². The lowest BCUT2D eigenvalue weighted by molar-refractivity contribution is 0.0473. The first-order valence-corrected chi connectivity index (χ1v) is 7.35. The van der Waals surface area contributed by atoms with Crippen molar-refractivity contribution in [2.24, 2.45) is 0 Å². The molecular weight excluding hydrogens is 318 g/mol. The lowest BCUT2D eigenvalue weighted by Crippen LogP contribution is -2.15. The highest BCUT2D eigenvalue weighted by atomic mass is 35.5. The number of esters is 1. The molecule has 23 heavy (non-hydrogen) atoms. The highest BCUT2D eigenvalue weighted by molar-refractivity contribution is 6.30. The fourth-order valence-electron chi connectivity index (χ4n) is 2.46. The second-order valence-corrected chi connectivity index (χ2v) is 5.63. The summed E-state index contributed by atoms with van der Waals surface area (Å²) in [6, 6.07) is 6.28. The molecule has 120 valence electrons. The van der Waals surface area contributed by atoms with Crippen LogP contribution < -0.4 is 0 Å². The average molecular weight is 334 g/mol. The maximum atomic E-state index is 12.2. The molecule has 1 N–H and O–H groups in total. The van der Waals surface area contributed by atoms with Crippen molar-refractivity contribution in [2.75, 3.05) is 6.61 Å². The van der Waals surface area contributed by atoms with E-state index in [2.05, 4.69) is 4.98 Å².